The SMILES string of the molecule is CCN(Cl)Cc1ccc([N+](=O)[O-])cc1. The van der Waals surface area contributed by atoms with Gasteiger partial charge in [-0.1, -0.05) is 19.1 Å². The van der Waals surface area contributed by atoms with Crippen molar-refractivity contribution in [3.05, 3.63) is 39.9 Å². The molecule has 1 aromatic rings. The molecule has 0 amide bonds. The second-order valence-corrected chi connectivity index (χ2v) is 3.34. The first-order chi connectivity index (χ1) is 6.63. The van der Waals surface area contributed by atoms with Crippen LogP contribution in [-0.4, -0.2) is 15.9 Å². The molecule has 0 aromatic heterocycles. The molecule has 4 nitrogen and oxygen atoms in total. The molecule has 0 spiro atoms. The van der Waals surface area contributed by atoms with Crippen LogP contribution in [-0.2, 0) is 6.54 Å². The minimum Gasteiger partial charge on any atom is -0.258 e. The fourth-order valence-electron chi connectivity index (χ4n) is 1.03. The zero-order valence-electron chi connectivity index (χ0n) is 7.81. The van der Waals surface area contributed by atoms with Gasteiger partial charge < -0.3 is 0 Å². The summed E-state index contributed by atoms with van der Waals surface area (Å²) in [7, 11) is 0. The first kappa shape index (κ1) is 10.9. The second kappa shape index (κ2) is 4.93. The fraction of sp³-hybridized carbons (Fsp3) is 0.333. The van der Waals surface area contributed by atoms with E-state index in [0.717, 1.165) is 12.1 Å². The Morgan fingerprint density at radius 2 is 2.00 bits per heavy atom. The van der Waals surface area contributed by atoms with Gasteiger partial charge in [0.15, 0.2) is 0 Å². The van der Waals surface area contributed by atoms with Crippen molar-refractivity contribution < 1.29 is 4.92 Å². The summed E-state index contributed by atoms with van der Waals surface area (Å²) in [5.74, 6) is 0. The van der Waals surface area contributed by atoms with Crippen LogP contribution in [0.3, 0.4) is 0 Å². The van der Waals surface area contributed by atoms with Crippen LogP contribution in [0.5, 0.6) is 0 Å². The van der Waals surface area contributed by atoms with Gasteiger partial charge in [-0.25, -0.2) is 4.42 Å². The molecule has 0 radical (unpaired) electrons. The maximum atomic E-state index is 10.4. The molecule has 0 aliphatic carbocycles. The molecule has 0 saturated heterocycles. The number of halogens is 1. The number of hydrogen-bond acceptors (Lipinski definition) is 3. The quantitative estimate of drug-likeness (QED) is 0.440. The van der Waals surface area contributed by atoms with Crippen LogP contribution in [0.25, 0.3) is 0 Å². The van der Waals surface area contributed by atoms with E-state index >= 15 is 0 Å². The van der Waals surface area contributed by atoms with Gasteiger partial charge in [-0.2, -0.15) is 0 Å². The van der Waals surface area contributed by atoms with Crippen LogP contribution in [0.4, 0.5) is 5.69 Å². The molecule has 0 N–H and O–H groups in total. The Hall–Kier alpha value is -1.13. The minimum absolute atomic E-state index is 0.103. The maximum absolute atomic E-state index is 10.4. The van der Waals surface area contributed by atoms with Crippen molar-refractivity contribution in [2.75, 3.05) is 6.54 Å². The van der Waals surface area contributed by atoms with Gasteiger partial charge in [-0.05, 0) is 17.3 Å². The Morgan fingerprint density at radius 1 is 1.43 bits per heavy atom. The maximum Gasteiger partial charge on any atom is 0.269 e. The smallest absolute Gasteiger partial charge is 0.258 e. The Labute approximate surface area is 87.4 Å². The highest BCUT2D eigenvalue weighted by Crippen LogP contribution is 2.13. The molecule has 5 heteroatoms. The van der Waals surface area contributed by atoms with Crippen LogP contribution >= 0.6 is 11.8 Å². The molecule has 0 bridgehead atoms. The van der Waals surface area contributed by atoms with Gasteiger partial charge in [-0.3, -0.25) is 10.1 Å². The van der Waals surface area contributed by atoms with E-state index in [-0.39, 0.29) is 5.69 Å². The molecule has 0 aliphatic rings. The zero-order valence-corrected chi connectivity index (χ0v) is 8.57. The lowest BCUT2D eigenvalue weighted by molar-refractivity contribution is -0.384. The van der Waals surface area contributed by atoms with Crippen LogP contribution in [0, 0.1) is 10.1 Å². The van der Waals surface area contributed by atoms with E-state index in [1.165, 1.54) is 12.1 Å². The molecular formula is C9H11ClN2O2. The van der Waals surface area contributed by atoms with E-state index in [4.69, 9.17) is 11.8 Å². The molecule has 14 heavy (non-hydrogen) atoms. The third-order valence-electron chi connectivity index (χ3n) is 1.84. The minimum atomic E-state index is -0.415. The number of nitrogens with zero attached hydrogens (tertiary/aromatic N) is 2. The predicted octanol–water partition coefficient (Wildman–Crippen LogP) is 2.57. The molecule has 0 unspecified atom stereocenters. The number of rotatable bonds is 4. The van der Waals surface area contributed by atoms with E-state index in [0.29, 0.717) is 6.54 Å². The third-order valence-corrected chi connectivity index (χ3v) is 2.20. The molecular weight excluding hydrogens is 204 g/mol. The summed E-state index contributed by atoms with van der Waals surface area (Å²) in [5.41, 5.74) is 1.07. The summed E-state index contributed by atoms with van der Waals surface area (Å²) in [6.45, 7) is 3.27. The highest BCUT2D eigenvalue weighted by atomic mass is 35.5. The predicted molar refractivity (Wildman–Crippen MR) is 55.0 cm³/mol. The molecule has 0 atom stereocenters. The van der Waals surface area contributed by atoms with Crippen LogP contribution in [0.15, 0.2) is 24.3 Å². The largest absolute Gasteiger partial charge is 0.269 e. The van der Waals surface area contributed by atoms with Crippen molar-refractivity contribution in [1.82, 2.24) is 4.42 Å². The van der Waals surface area contributed by atoms with Gasteiger partial charge in [0.25, 0.3) is 5.69 Å². The van der Waals surface area contributed by atoms with E-state index < -0.39 is 4.92 Å². The van der Waals surface area contributed by atoms with Crippen molar-refractivity contribution in [3.8, 4) is 0 Å². The highest BCUT2D eigenvalue weighted by molar-refractivity contribution is 6.13. The summed E-state index contributed by atoms with van der Waals surface area (Å²) in [6, 6.07) is 6.39. The Balaban J connectivity index is 2.68. The molecule has 0 aliphatic heterocycles. The Bertz CT molecular complexity index is 313. The number of nitro groups is 1. The molecule has 1 aromatic carbocycles. The zero-order chi connectivity index (χ0) is 10.6. The number of non-ortho nitro benzene ring substituents is 1. The third kappa shape index (κ3) is 2.97. The molecule has 0 saturated carbocycles. The molecule has 1 rings (SSSR count). The van der Waals surface area contributed by atoms with E-state index in [2.05, 4.69) is 0 Å². The molecule has 0 fully saturated rings. The van der Waals surface area contributed by atoms with Crippen molar-refractivity contribution in [2.45, 2.75) is 13.5 Å². The van der Waals surface area contributed by atoms with Gasteiger partial charge in [-0.15, -0.1) is 0 Å². The number of benzene rings is 1. The van der Waals surface area contributed by atoms with Crippen LogP contribution in [0.1, 0.15) is 12.5 Å². The van der Waals surface area contributed by atoms with Gasteiger partial charge in [0.05, 0.1) is 4.92 Å². The highest BCUT2D eigenvalue weighted by Gasteiger charge is 2.05. The normalized spacial score (nSPS) is 10.5. The van der Waals surface area contributed by atoms with E-state index in [9.17, 15) is 10.1 Å². The first-order valence-corrected chi connectivity index (χ1v) is 4.61. The van der Waals surface area contributed by atoms with Crippen molar-refractivity contribution in [3.63, 3.8) is 0 Å². The van der Waals surface area contributed by atoms with Crippen LogP contribution in [0.2, 0.25) is 0 Å². The van der Waals surface area contributed by atoms with E-state index in [1.54, 1.807) is 16.6 Å². The van der Waals surface area contributed by atoms with Crippen LogP contribution < -0.4 is 0 Å². The topological polar surface area (TPSA) is 46.4 Å². The lowest BCUT2D eigenvalue weighted by Crippen LogP contribution is -2.10. The lowest BCUT2D eigenvalue weighted by atomic mass is 10.2. The average Bonchev–Trinajstić information content (AvgIpc) is 2.18. The monoisotopic (exact) mass is 214 g/mol. The van der Waals surface area contributed by atoms with Gasteiger partial charge in [0.1, 0.15) is 0 Å². The number of hydrogen-bond donors (Lipinski definition) is 0. The number of nitro benzene ring substituents is 1. The van der Waals surface area contributed by atoms with Gasteiger partial charge in [0, 0.05) is 25.2 Å². The summed E-state index contributed by atoms with van der Waals surface area (Å²) in [6.07, 6.45) is 0. The average molecular weight is 215 g/mol. The second-order valence-electron chi connectivity index (χ2n) is 2.86. The van der Waals surface area contributed by atoms with Crippen molar-refractivity contribution in [2.24, 2.45) is 0 Å². The summed E-state index contributed by atoms with van der Waals surface area (Å²) >= 11 is 5.80. The van der Waals surface area contributed by atoms with Crippen molar-refractivity contribution in [1.29, 1.82) is 0 Å². The Morgan fingerprint density at radius 3 is 2.43 bits per heavy atom. The summed E-state index contributed by atoms with van der Waals surface area (Å²) < 4.78 is 1.61. The van der Waals surface area contributed by atoms with Gasteiger partial charge >= 0.3 is 0 Å². The standard InChI is InChI=1S/C9H11ClN2O2/c1-2-11(10)7-8-3-5-9(6-4-8)12(13)14/h3-6H,2,7H2,1H3. The molecule has 76 valence electrons. The molecule has 0 heterocycles. The fourth-order valence-corrected chi connectivity index (χ4v) is 1.17. The lowest BCUT2D eigenvalue weighted by Gasteiger charge is -2.09. The summed E-state index contributed by atoms with van der Waals surface area (Å²) in [5, 5.41) is 10.4. The summed E-state index contributed by atoms with van der Waals surface area (Å²) in [4.78, 5) is 9.95. The first-order valence-electron chi connectivity index (χ1n) is 4.27. The van der Waals surface area contributed by atoms with Crippen molar-refractivity contribution >= 4 is 17.5 Å². The Kier molecular flexibility index (Phi) is 3.85. The van der Waals surface area contributed by atoms with Gasteiger partial charge in [0.2, 0.25) is 0 Å². The van der Waals surface area contributed by atoms with E-state index in [1.807, 2.05) is 6.92 Å².